The van der Waals surface area contributed by atoms with Gasteiger partial charge in [-0.15, -0.1) is 0 Å². The summed E-state index contributed by atoms with van der Waals surface area (Å²) in [7, 11) is 1.83. The number of rotatable bonds is 0. The Hall–Kier alpha value is -1.31. The predicted molar refractivity (Wildman–Crippen MR) is 48.3 cm³/mol. The molecule has 62 valence electrons. The van der Waals surface area contributed by atoms with E-state index in [1.165, 1.54) is 11.1 Å². The molecule has 0 radical (unpaired) electrons. The number of fused-ring (bicyclic) bond motifs is 1. The van der Waals surface area contributed by atoms with Crippen molar-refractivity contribution >= 4 is 11.6 Å². The molecule has 0 spiro atoms. The molecule has 1 amide bonds. The molecule has 2 nitrogen and oxygen atoms in total. The molecule has 0 fully saturated rings. The molecule has 0 atom stereocenters. The highest BCUT2D eigenvalue weighted by Gasteiger charge is 2.24. The number of likely N-dealkylation sites (N-methyl/N-ethyl adjacent to an activating group) is 1. The number of hydrogen-bond donors (Lipinski definition) is 0. The van der Waals surface area contributed by atoms with Crippen LogP contribution in [0.1, 0.15) is 11.1 Å². The lowest BCUT2D eigenvalue weighted by molar-refractivity contribution is -0.117. The smallest absolute Gasteiger partial charge is 0.231 e. The summed E-state index contributed by atoms with van der Waals surface area (Å²) in [6.45, 7) is 2.05. The van der Waals surface area contributed by atoms with Crippen molar-refractivity contribution in [2.45, 2.75) is 13.3 Å². The van der Waals surface area contributed by atoms with Gasteiger partial charge in [-0.25, -0.2) is 0 Å². The standard InChI is InChI=1S/C10H11NO/c1-7-4-3-5-9-8(7)6-10(12)11(9)2/h3-5H,6H2,1-2H3. The summed E-state index contributed by atoms with van der Waals surface area (Å²) in [4.78, 5) is 13.0. The first kappa shape index (κ1) is 7.35. The van der Waals surface area contributed by atoms with Gasteiger partial charge >= 0.3 is 0 Å². The number of hydrogen-bond acceptors (Lipinski definition) is 1. The molecular formula is C10H11NO. The fourth-order valence-electron chi connectivity index (χ4n) is 1.64. The van der Waals surface area contributed by atoms with Gasteiger partial charge in [-0.1, -0.05) is 12.1 Å². The van der Waals surface area contributed by atoms with E-state index in [1.807, 2.05) is 32.2 Å². The molecule has 0 saturated heterocycles. The largest absolute Gasteiger partial charge is 0.315 e. The van der Waals surface area contributed by atoms with Gasteiger partial charge in [0, 0.05) is 12.7 Å². The van der Waals surface area contributed by atoms with Crippen LogP contribution in [-0.2, 0) is 11.2 Å². The Morgan fingerprint density at radius 1 is 1.42 bits per heavy atom. The molecule has 1 heterocycles. The SMILES string of the molecule is Cc1cccc2c1CC(=O)N2C. The summed E-state index contributed by atoms with van der Waals surface area (Å²) in [6, 6.07) is 6.03. The third-order valence-corrected chi connectivity index (χ3v) is 2.45. The molecule has 2 rings (SSSR count). The average molecular weight is 161 g/mol. The maximum absolute atomic E-state index is 11.3. The summed E-state index contributed by atoms with van der Waals surface area (Å²) in [5.74, 6) is 0.194. The zero-order valence-electron chi connectivity index (χ0n) is 7.29. The van der Waals surface area contributed by atoms with E-state index in [1.54, 1.807) is 4.90 Å². The molecule has 0 saturated carbocycles. The van der Waals surface area contributed by atoms with Crippen LogP contribution in [0.5, 0.6) is 0 Å². The highest BCUT2D eigenvalue weighted by Crippen LogP contribution is 2.29. The second-order valence-electron chi connectivity index (χ2n) is 3.20. The molecule has 2 heteroatoms. The number of benzene rings is 1. The lowest BCUT2D eigenvalue weighted by atomic mass is 10.1. The van der Waals surface area contributed by atoms with Gasteiger partial charge in [0.05, 0.1) is 6.42 Å². The second kappa shape index (κ2) is 2.34. The van der Waals surface area contributed by atoms with Crippen molar-refractivity contribution in [3.05, 3.63) is 29.3 Å². The summed E-state index contributed by atoms with van der Waals surface area (Å²) < 4.78 is 0. The number of anilines is 1. The first-order valence-corrected chi connectivity index (χ1v) is 4.05. The first-order valence-electron chi connectivity index (χ1n) is 4.05. The van der Waals surface area contributed by atoms with E-state index >= 15 is 0 Å². The van der Waals surface area contributed by atoms with E-state index in [-0.39, 0.29) is 5.91 Å². The van der Waals surface area contributed by atoms with Crippen molar-refractivity contribution in [2.75, 3.05) is 11.9 Å². The molecule has 0 aromatic heterocycles. The second-order valence-corrected chi connectivity index (χ2v) is 3.20. The van der Waals surface area contributed by atoms with Crippen molar-refractivity contribution in [1.82, 2.24) is 0 Å². The van der Waals surface area contributed by atoms with Gasteiger partial charge in [-0.05, 0) is 24.1 Å². The van der Waals surface area contributed by atoms with Crippen molar-refractivity contribution in [1.29, 1.82) is 0 Å². The molecule has 0 N–H and O–H groups in total. The predicted octanol–water partition coefficient (Wildman–Crippen LogP) is 1.51. The van der Waals surface area contributed by atoms with E-state index in [0.717, 1.165) is 5.69 Å². The summed E-state index contributed by atoms with van der Waals surface area (Å²) in [6.07, 6.45) is 0.568. The van der Waals surface area contributed by atoms with Crippen LogP contribution in [0.15, 0.2) is 18.2 Å². The van der Waals surface area contributed by atoms with Gasteiger partial charge in [-0.3, -0.25) is 4.79 Å². The van der Waals surface area contributed by atoms with E-state index in [4.69, 9.17) is 0 Å². The van der Waals surface area contributed by atoms with Crippen LogP contribution in [-0.4, -0.2) is 13.0 Å². The normalized spacial score (nSPS) is 15.2. The Balaban J connectivity index is 2.60. The molecule has 1 aliphatic heterocycles. The van der Waals surface area contributed by atoms with Gasteiger partial charge in [0.25, 0.3) is 0 Å². The maximum Gasteiger partial charge on any atom is 0.231 e. The van der Waals surface area contributed by atoms with Gasteiger partial charge < -0.3 is 4.90 Å². The molecular weight excluding hydrogens is 150 g/mol. The van der Waals surface area contributed by atoms with E-state index < -0.39 is 0 Å². The summed E-state index contributed by atoms with van der Waals surface area (Å²) >= 11 is 0. The quantitative estimate of drug-likeness (QED) is 0.565. The molecule has 0 unspecified atom stereocenters. The Bertz CT molecular complexity index is 344. The topological polar surface area (TPSA) is 20.3 Å². The minimum absolute atomic E-state index is 0.194. The lowest BCUT2D eigenvalue weighted by Crippen LogP contribution is -2.20. The molecule has 0 bridgehead atoms. The molecule has 1 aromatic carbocycles. The monoisotopic (exact) mass is 161 g/mol. The zero-order valence-corrected chi connectivity index (χ0v) is 7.29. The van der Waals surface area contributed by atoms with Crippen LogP contribution in [0.2, 0.25) is 0 Å². The third-order valence-electron chi connectivity index (χ3n) is 2.45. The van der Waals surface area contributed by atoms with E-state index in [2.05, 4.69) is 0 Å². The maximum atomic E-state index is 11.3. The fraction of sp³-hybridized carbons (Fsp3) is 0.300. The number of carbonyl (C=O) groups is 1. The van der Waals surface area contributed by atoms with Crippen LogP contribution in [0, 0.1) is 6.92 Å². The third kappa shape index (κ3) is 0.843. The minimum Gasteiger partial charge on any atom is -0.315 e. The van der Waals surface area contributed by atoms with Crippen molar-refractivity contribution < 1.29 is 4.79 Å². The Labute approximate surface area is 71.8 Å². The van der Waals surface area contributed by atoms with Gasteiger partial charge in [0.15, 0.2) is 0 Å². The van der Waals surface area contributed by atoms with Crippen molar-refractivity contribution in [2.24, 2.45) is 0 Å². The number of amides is 1. The van der Waals surface area contributed by atoms with Gasteiger partial charge in [0.2, 0.25) is 5.91 Å². The van der Waals surface area contributed by atoms with Gasteiger partial charge in [-0.2, -0.15) is 0 Å². The molecule has 1 aliphatic rings. The zero-order chi connectivity index (χ0) is 8.72. The average Bonchev–Trinajstić information content (AvgIpc) is 2.32. The summed E-state index contributed by atoms with van der Waals surface area (Å²) in [5.41, 5.74) is 3.47. The highest BCUT2D eigenvalue weighted by atomic mass is 16.2. The molecule has 12 heavy (non-hydrogen) atoms. The van der Waals surface area contributed by atoms with Crippen LogP contribution in [0.4, 0.5) is 5.69 Å². The Morgan fingerprint density at radius 2 is 2.17 bits per heavy atom. The highest BCUT2D eigenvalue weighted by molar-refractivity contribution is 6.01. The van der Waals surface area contributed by atoms with Crippen LogP contribution in [0.3, 0.4) is 0 Å². The number of nitrogens with zero attached hydrogens (tertiary/aromatic N) is 1. The minimum atomic E-state index is 0.194. The van der Waals surface area contributed by atoms with Gasteiger partial charge in [0.1, 0.15) is 0 Å². The first-order chi connectivity index (χ1) is 5.70. The molecule has 1 aromatic rings. The Morgan fingerprint density at radius 3 is 2.83 bits per heavy atom. The van der Waals surface area contributed by atoms with E-state index in [9.17, 15) is 4.79 Å². The van der Waals surface area contributed by atoms with E-state index in [0.29, 0.717) is 6.42 Å². The van der Waals surface area contributed by atoms with Crippen molar-refractivity contribution in [3.8, 4) is 0 Å². The summed E-state index contributed by atoms with van der Waals surface area (Å²) in [5, 5.41) is 0. The van der Waals surface area contributed by atoms with Crippen LogP contribution >= 0.6 is 0 Å². The Kier molecular flexibility index (Phi) is 1.43. The fourth-order valence-corrected chi connectivity index (χ4v) is 1.64. The molecule has 0 aliphatic carbocycles. The van der Waals surface area contributed by atoms with Crippen LogP contribution < -0.4 is 4.90 Å². The van der Waals surface area contributed by atoms with Crippen LogP contribution in [0.25, 0.3) is 0 Å². The number of aryl methyl sites for hydroxylation is 1. The lowest BCUT2D eigenvalue weighted by Gasteiger charge is -2.09. The number of carbonyl (C=O) groups excluding carboxylic acids is 1. The van der Waals surface area contributed by atoms with Crippen molar-refractivity contribution in [3.63, 3.8) is 0 Å².